The highest BCUT2D eigenvalue weighted by atomic mass is 32.2. The molecular weight excluding hydrogens is 296 g/mol. The number of hydrogen-bond donors (Lipinski definition) is 1. The van der Waals surface area contributed by atoms with Gasteiger partial charge in [-0.05, 0) is 18.8 Å². The molecule has 0 radical (unpaired) electrons. The van der Waals surface area contributed by atoms with Crippen LogP contribution in [-0.2, 0) is 19.7 Å². The van der Waals surface area contributed by atoms with E-state index in [1.807, 2.05) is 9.79 Å². The van der Waals surface area contributed by atoms with Gasteiger partial charge < -0.3 is 4.84 Å². The van der Waals surface area contributed by atoms with Crippen molar-refractivity contribution >= 4 is 15.9 Å². The van der Waals surface area contributed by atoms with Gasteiger partial charge in [-0.3, -0.25) is 9.78 Å². The van der Waals surface area contributed by atoms with Gasteiger partial charge >= 0.3 is 0 Å². The number of amides is 1. The van der Waals surface area contributed by atoms with Gasteiger partial charge in [0.05, 0.1) is 13.3 Å². The molecule has 1 fully saturated rings. The fourth-order valence-corrected chi connectivity index (χ4v) is 3.11. The van der Waals surface area contributed by atoms with Gasteiger partial charge in [0, 0.05) is 31.9 Å². The third kappa shape index (κ3) is 4.45. The van der Waals surface area contributed by atoms with Crippen LogP contribution in [-0.4, -0.2) is 49.6 Å². The van der Waals surface area contributed by atoms with E-state index < -0.39 is 15.9 Å². The van der Waals surface area contributed by atoms with E-state index in [4.69, 9.17) is 4.84 Å². The van der Waals surface area contributed by atoms with Crippen LogP contribution in [0.1, 0.15) is 19.3 Å². The van der Waals surface area contributed by atoms with Crippen molar-refractivity contribution in [3.63, 3.8) is 0 Å². The number of nitrogens with zero attached hydrogens (tertiary/aromatic N) is 3. The minimum absolute atomic E-state index is 0.161. The lowest BCUT2D eigenvalue weighted by molar-refractivity contribution is -0.149. The lowest BCUT2D eigenvalue weighted by Crippen LogP contribution is -2.37. The molecule has 9 heteroatoms. The summed E-state index contributed by atoms with van der Waals surface area (Å²) in [5.74, 6) is -0.357. The number of piperidine rings is 1. The summed E-state index contributed by atoms with van der Waals surface area (Å²) < 4.78 is 25.9. The van der Waals surface area contributed by atoms with Gasteiger partial charge in [0.25, 0.3) is 10.0 Å². The standard InChI is InChI=1S/C12H18N4O4S/c1-20-16-6-2-10(3-7-16)8-11(17)15-21(18,19)12-9-13-4-5-14-12/h4-5,9-10H,2-3,6-8H2,1H3,(H,15,17). The van der Waals surface area contributed by atoms with Gasteiger partial charge in [-0.25, -0.2) is 9.71 Å². The van der Waals surface area contributed by atoms with E-state index in [9.17, 15) is 13.2 Å². The second-order valence-corrected chi connectivity index (χ2v) is 6.46. The number of hydroxylamine groups is 2. The van der Waals surface area contributed by atoms with Crippen LogP contribution in [0.15, 0.2) is 23.6 Å². The number of sulfonamides is 1. The quantitative estimate of drug-likeness (QED) is 0.812. The molecule has 0 aromatic carbocycles. The fraction of sp³-hybridized carbons (Fsp3) is 0.583. The van der Waals surface area contributed by atoms with Crippen molar-refractivity contribution in [3.8, 4) is 0 Å². The zero-order valence-electron chi connectivity index (χ0n) is 11.7. The fourth-order valence-electron chi connectivity index (χ4n) is 2.23. The van der Waals surface area contributed by atoms with Crippen molar-refractivity contribution in [1.82, 2.24) is 19.8 Å². The molecule has 0 aliphatic carbocycles. The molecule has 1 aliphatic rings. The molecule has 2 rings (SSSR count). The van der Waals surface area contributed by atoms with Crippen molar-refractivity contribution < 1.29 is 18.0 Å². The summed E-state index contributed by atoms with van der Waals surface area (Å²) in [4.78, 5) is 24.3. The molecular formula is C12H18N4O4S. The largest absolute Gasteiger partial charge is 0.302 e. The molecule has 1 amide bonds. The Bertz CT molecular complexity index is 570. The third-order valence-corrected chi connectivity index (χ3v) is 4.63. The minimum atomic E-state index is -3.93. The van der Waals surface area contributed by atoms with Gasteiger partial charge in [0.15, 0.2) is 5.03 Å². The van der Waals surface area contributed by atoms with Crippen molar-refractivity contribution in [2.24, 2.45) is 5.92 Å². The Labute approximate surface area is 123 Å². The normalized spacial score (nSPS) is 17.6. The summed E-state index contributed by atoms with van der Waals surface area (Å²) in [6.45, 7) is 1.48. The van der Waals surface area contributed by atoms with Crippen molar-refractivity contribution in [3.05, 3.63) is 18.6 Å². The molecule has 8 nitrogen and oxygen atoms in total. The summed E-state index contributed by atoms with van der Waals surface area (Å²) >= 11 is 0. The first-order chi connectivity index (χ1) is 10.0. The van der Waals surface area contributed by atoms with Gasteiger partial charge in [0.1, 0.15) is 0 Å². The second-order valence-electron chi connectivity index (χ2n) is 4.83. The molecule has 2 heterocycles. The van der Waals surface area contributed by atoms with E-state index in [1.54, 1.807) is 7.11 Å². The summed E-state index contributed by atoms with van der Waals surface area (Å²) in [5.41, 5.74) is 0. The van der Waals surface area contributed by atoms with Crippen LogP contribution in [0, 0.1) is 5.92 Å². The highest BCUT2D eigenvalue weighted by Gasteiger charge is 2.24. The van der Waals surface area contributed by atoms with Gasteiger partial charge in [-0.1, -0.05) is 0 Å². The van der Waals surface area contributed by atoms with Crippen LogP contribution in [0.2, 0.25) is 0 Å². The molecule has 0 unspecified atom stereocenters. The first-order valence-corrected chi connectivity index (χ1v) is 8.10. The molecule has 1 aromatic rings. The zero-order valence-corrected chi connectivity index (χ0v) is 12.5. The Hall–Kier alpha value is -1.58. The van der Waals surface area contributed by atoms with E-state index in [1.165, 1.54) is 12.4 Å². The van der Waals surface area contributed by atoms with Crippen molar-refractivity contribution in [1.29, 1.82) is 0 Å². The number of hydrogen-bond acceptors (Lipinski definition) is 7. The SMILES string of the molecule is CON1CCC(CC(=O)NS(=O)(=O)c2cnccn2)CC1. The number of rotatable bonds is 5. The molecule has 21 heavy (non-hydrogen) atoms. The highest BCUT2D eigenvalue weighted by Crippen LogP contribution is 2.20. The topological polar surface area (TPSA) is 101 Å². The van der Waals surface area contributed by atoms with Gasteiger partial charge in [0.2, 0.25) is 5.91 Å². The van der Waals surface area contributed by atoms with Crippen LogP contribution in [0.25, 0.3) is 0 Å². The molecule has 116 valence electrons. The van der Waals surface area contributed by atoms with E-state index in [0.29, 0.717) is 0 Å². The Morgan fingerprint density at radius 1 is 1.43 bits per heavy atom. The Morgan fingerprint density at radius 3 is 2.71 bits per heavy atom. The summed E-state index contributed by atoms with van der Waals surface area (Å²) in [6.07, 6.45) is 5.51. The van der Waals surface area contributed by atoms with Crippen LogP contribution in [0.4, 0.5) is 0 Å². The molecule has 1 N–H and O–H groups in total. The number of carbonyl (C=O) groups excluding carboxylic acids is 1. The molecule has 0 bridgehead atoms. The first kappa shape index (κ1) is 15.8. The monoisotopic (exact) mass is 314 g/mol. The van der Waals surface area contributed by atoms with Crippen molar-refractivity contribution in [2.45, 2.75) is 24.3 Å². The summed E-state index contributed by atoms with van der Waals surface area (Å²) in [7, 11) is -2.32. The van der Waals surface area contributed by atoms with Crippen LogP contribution in [0.3, 0.4) is 0 Å². The Morgan fingerprint density at radius 2 is 2.14 bits per heavy atom. The average Bonchev–Trinajstić information content (AvgIpc) is 2.48. The second kappa shape index (κ2) is 6.92. The maximum Gasteiger partial charge on any atom is 0.283 e. The summed E-state index contributed by atoms with van der Waals surface area (Å²) in [5, 5.41) is 1.57. The van der Waals surface area contributed by atoms with Crippen LogP contribution in [0.5, 0.6) is 0 Å². The molecule has 0 saturated carbocycles. The predicted octanol–water partition coefficient (Wildman–Crippen LogP) is -0.0550. The molecule has 1 aromatic heterocycles. The number of carbonyl (C=O) groups is 1. The molecule has 0 atom stereocenters. The molecule has 0 spiro atoms. The van der Waals surface area contributed by atoms with E-state index >= 15 is 0 Å². The lowest BCUT2D eigenvalue weighted by atomic mass is 9.94. The maximum atomic E-state index is 11.9. The number of nitrogens with one attached hydrogen (secondary N) is 1. The zero-order chi connectivity index (χ0) is 15.3. The van der Waals surface area contributed by atoms with Gasteiger partial charge in [-0.15, -0.1) is 0 Å². The van der Waals surface area contributed by atoms with E-state index in [0.717, 1.165) is 32.1 Å². The average molecular weight is 314 g/mol. The van der Waals surface area contributed by atoms with E-state index in [-0.39, 0.29) is 17.4 Å². The minimum Gasteiger partial charge on any atom is -0.302 e. The maximum absolute atomic E-state index is 11.9. The van der Waals surface area contributed by atoms with Crippen molar-refractivity contribution in [2.75, 3.05) is 20.2 Å². The third-order valence-electron chi connectivity index (χ3n) is 3.37. The lowest BCUT2D eigenvalue weighted by Gasteiger charge is -2.29. The first-order valence-electron chi connectivity index (χ1n) is 6.62. The van der Waals surface area contributed by atoms with Gasteiger partial charge in [-0.2, -0.15) is 13.5 Å². The highest BCUT2D eigenvalue weighted by molar-refractivity contribution is 7.90. The summed E-state index contributed by atoms with van der Waals surface area (Å²) in [6, 6.07) is 0. The molecule has 1 aliphatic heterocycles. The Kier molecular flexibility index (Phi) is 5.21. The smallest absolute Gasteiger partial charge is 0.283 e. The predicted molar refractivity (Wildman–Crippen MR) is 73.3 cm³/mol. The van der Waals surface area contributed by atoms with Crippen LogP contribution >= 0.6 is 0 Å². The van der Waals surface area contributed by atoms with E-state index in [2.05, 4.69) is 9.97 Å². The number of aromatic nitrogens is 2. The Balaban J connectivity index is 1.88. The van der Waals surface area contributed by atoms with Crippen LogP contribution < -0.4 is 4.72 Å². The molecule has 1 saturated heterocycles.